The predicted molar refractivity (Wildman–Crippen MR) is 58.9 cm³/mol. The first-order valence-corrected chi connectivity index (χ1v) is 5.38. The van der Waals surface area contributed by atoms with E-state index < -0.39 is 0 Å². The van der Waals surface area contributed by atoms with Crippen LogP contribution in [0.5, 0.6) is 0 Å². The van der Waals surface area contributed by atoms with Crippen LogP contribution < -0.4 is 5.73 Å². The maximum absolute atomic E-state index is 11.2. The summed E-state index contributed by atoms with van der Waals surface area (Å²) in [4.78, 5) is 11.2. The van der Waals surface area contributed by atoms with Gasteiger partial charge in [0.25, 0.3) is 0 Å². The van der Waals surface area contributed by atoms with Crippen LogP contribution in [0.3, 0.4) is 0 Å². The summed E-state index contributed by atoms with van der Waals surface area (Å²) in [6, 6.07) is 0. The van der Waals surface area contributed by atoms with E-state index in [1.807, 2.05) is 0 Å². The third-order valence-corrected chi connectivity index (χ3v) is 3.39. The molecule has 1 aliphatic rings. The molecule has 1 unspecified atom stereocenters. The Morgan fingerprint density at radius 3 is 2.57 bits per heavy atom. The molecule has 0 heterocycles. The molecule has 0 aromatic heterocycles. The van der Waals surface area contributed by atoms with Crippen molar-refractivity contribution in [3.8, 4) is 0 Å². The molecular weight excluding hydrogens is 174 g/mol. The Balaban J connectivity index is 3.07. The number of carbonyl (C=O) groups excluding carboxylic acids is 1. The molecule has 0 bridgehead atoms. The maximum Gasteiger partial charge on any atom is 0.131 e. The molecule has 2 heteroatoms. The minimum atomic E-state index is -0.357. The number of rotatable bonds is 3. The molecule has 2 nitrogen and oxygen atoms in total. The van der Waals surface area contributed by atoms with Crippen LogP contribution >= 0.6 is 0 Å². The first-order valence-electron chi connectivity index (χ1n) is 5.38. The zero-order chi connectivity index (χ0) is 10.8. The molecule has 0 aromatic rings. The molecule has 1 aliphatic carbocycles. The minimum absolute atomic E-state index is 0.229. The quantitative estimate of drug-likeness (QED) is 0.554. The molecule has 0 radical (unpaired) electrons. The van der Waals surface area contributed by atoms with Crippen LogP contribution in [0.25, 0.3) is 0 Å². The molecule has 2 N–H and O–H groups in total. The molecule has 1 atom stereocenters. The van der Waals surface area contributed by atoms with Gasteiger partial charge in [0.2, 0.25) is 0 Å². The highest BCUT2D eigenvalue weighted by Gasteiger charge is 2.38. The fourth-order valence-corrected chi connectivity index (χ4v) is 2.26. The van der Waals surface area contributed by atoms with E-state index in [-0.39, 0.29) is 10.8 Å². The topological polar surface area (TPSA) is 43.1 Å². The van der Waals surface area contributed by atoms with Crippen molar-refractivity contribution in [1.29, 1.82) is 0 Å². The average Bonchev–Trinajstić information content (AvgIpc) is 2.17. The van der Waals surface area contributed by atoms with E-state index in [2.05, 4.69) is 26.8 Å². The van der Waals surface area contributed by atoms with E-state index >= 15 is 0 Å². The summed E-state index contributed by atoms with van der Waals surface area (Å²) in [6.07, 6.45) is 6.18. The lowest BCUT2D eigenvalue weighted by molar-refractivity contribution is -0.115. The van der Waals surface area contributed by atoms with Gasteiger partial charge in [-0.1, -0.05) is 32.4 Å². The summed E-state index contributed by atoms with van der Waals surface area (Å²) < 4.78 is 0. The van der Waals surface area contributed by atoms with Crippen molar-refractivity contribution < 1.29 is 4.79 Å². The molecular formula is C12H21NO. The van der Waals surface area contributed by atoms with Crippen molar-refractivity contribution in [2.45, 2.75) is 40.0 Å². The summed E-state index contributed by atoms with van der Waals surface area (Å²) in [7, 11) is 0. The van der Waals surface area contributed by atoms with Crippen LogP contribution in [0.1, 0.15) is 40.0 Å². The Labute approximate surface area is 86.6 Å². The summed E-state index contributed by atoms with van der Waals surface area (Å²) >= 11 is 0. The van der Waals surface area contributed by atoms with E-state index in [0.29, 0.717) is 6.54 Å². The van der Waals surface area contributed by atoms with E-state index in [1.54, 1.807) is 0 Å². The molecule has 14 heavy (non-hydrogen) atoms. The van der Waals surface area contributed by atoms with Gasteiger partial charge in [-0.15, -0.1) is 0 Å². The largest absolute Gasteiger partial charge is 0.329 e. The van der Waals surface area contributed by atoms with E-state index in [1.165, 1.54) is 5.57 Å². The van der Waals surface area contributed by atoms with Crippen molar-refractivity contribution in [2.75, 3.05) is 6.54 Å². The summed E-state index contributed by atoms with van der Waals surface area (Å²) in [5.74, 6) is 0. The molecule has 80 valence electrons. The van der Waals surface area contributed by atoms with Crippen LogP contribution in [-0.2, 0) is 4.79 Å². The van der Waals surface area contributed by atoms with Crippen molar-refractivity contribution >= 4 is 6.29 Å². The Hall–Kier alpha value is -0.630. The SMILES string of the molecule is CCC1=CC(C)(C)CCC1(C=O)CN. The van der Waals surface area contributed by atoms with Gasteiger partial charge >= 0.3 is 0 Å². The van der Waals surface area contributed by atoms with Crippen molar-refractivity contribution in [3.63, 3.8) is 0 Å². The van der Waals surface area contributed by atoms with Crippen molar-refractivity contribution in [1.82, 2.24) is 0 Å². The van der Waals surface area contributed by atoms with Crippen LogP contribution in [-0.4, -0.2) is 12.8 Å². The Bertz CT molecular complexity index is 255. The van der Waals surface area contributed by atoms with Crippen LogP contribution in [0, 0.1) is 10.8 Å². The third kappa shape index (κ3) is 1.90. The van der Waals surface area contributed by atoms with Gasteiger partial charge in [-0.25, -0.2) is 0 Å². The zero-order valence-corrected chi connectivity index (χ0v) is 9.47. The lowest BCUT2D eigenvalue weighted by Gasteiger charge is -2.39. The molecule has 0 amide bonds. The summed E-state index contributed by atoms with van der Waals surface area (Å²) in [6.45, 7) is 6.98. The first kappa shape index (κ1) is 11.4. The van der Waals surface area contributed by atoms with Gasteiger partial charge < -0.3 is 10.5 Å². The number of hydrogen-bond acceptors (Lipinski definition) is 2. The van der Waals surface area contributed by atoms with E-state index in [9.17, 15) is 4.79 Å². The van der Waals surface area contributed by atoms with Gasteiger partial charge in [0.1, 0.15) is 6.29 Å². The van der Waals surface area contributed by atoms with Gasteiger partial charge in [0, 0.05) is 6.54 Å². The van der Waals surface area contributed by atoms with Crippen LogP contribution in [0.15, 0.2) is 11.6 Å². The Morgan fingerprint density at radius 2 is 2.14 bits per heavy atom. The third-order valence-electron chi connectivity index (χ3n) is 3.39. The predicted octanol–water partition coefficient (Wildman–Crippen LogP) is 2.29. The van der Waals surface area contributed by atoms with E-state index in [0.717, 1.165) is 25.5 Å². The smallest absolute Gasteiger partial charge is 0.131 e. The standard InChI is InChI=1S/C12H21NO/c1-4-10-7-11(2,3)5-6-12(10,8-13)9-14/h7,9H,4-6,8,13H2,1-3H3. The highest BCUT2D eigenvalue weighted by Crippen LogP contribution is 2.43. The lowest BCUT2D eigenvalue weighted by atomic mass is 9.65. The second kappa shape index (κ2) is 3.85. The van der Waals surface area contributed by atoms with Crippen molar-refractivity contribution in [3.05, 3.63) is 11.6 Å². The van der Waals surface area contributed by atoms with Gasteiger partial charge in [-0.05, 0) is 24.7 Å². The molecule has 0 saturated carbocycles. The fourth-order valence-electron chi connectivity index (χ4n) is 2.26. The number of allylic oxidation sites excluding steroid dienone is 1. The molecule has 0 fully saturated rings. The molecule has 0 aromatic carbocycles. The summed E-state index contributed by atoms with van der Waals surface area (Å²) in [5.41, 5.74) is 6.83. The molecule has 0 aliphatic heterocycles. The molecule has 0 spiro atoms. The molecule has 1 rings (SSSR count). The lowest BCUT2D eigenvalue weighted by Crippen LogP contribution is -2.38. The van der Waals surface area contributed by atoms with Gasteiger partial charge in [-0.2, -0.15) is 0 Å². The Kier molecular flexibility index (Phi) is 3.15. The number of hydrogen-bond donors (Lipinski definition) is 1. The van der Waals surface area contributed by atoms with Gasteiger partial charge in [-0.3, -0.25) is 0 Å². The first-order chi connectivity index (χ1) is 6.49. The molecule has 0 saturated heterocycles. The Morgan fingerprint density at radius 1 is 1.50 bits per heavy atom. The highest BCUT2D eigenvalue weighted by atomic mass is 16.1. The average molecular weight is 195 g/mol. The zero-order valence-electron chi connectivity index (χ0n) is 9.47. The number of aldehydes is 1. The second-order valence-electron chi connectivity index (χ2n) is 4.99. The normalized spacial score (nSPS) is 31.0. The fraction of sp³-hybridized carbons (Fsp3) is 0.750. The number of nitrogens with two attached hydrogens (primary N) is 1. The second-order valence-corrected chi connectivity index (χ2v) is 4.99. The van der Waals surface area contributed by atoms with E-state index in [4.69, 9.17) is 5.73 Å². The minimum Gasteiger partial charge on any atom is -0.329 e. The highest BCUT2D eigenvalue weighted by molar-refractivity contribution is 5.66. The summed E-state index contributed by atoms with van der Waals surface area (Å²) in [5, 5.41) is 0. The van der Waals surface area contributed by atoms with Gasteiger partial charge in [0.15, 0.2) is 0 Å². The van der Waals surface area contributed by atoms with Gasteiger partial charge in [0.05, 0.1) is 5.41 Å². The number of carbonyl (C=O) groups is 1. The van der Waals surface area contributed by atoms with Crippen LogP contribution in [0.4, 0.5) is 0 Å². The van der Waals surface area contributed by atoms with Crippen LogP contribution in [0.2, 0.25) is 0 Å². The van der Waals surface area contributed by atoms with Crippen molar-refractivity contribution in [2.24, 2.45) is 16.6 Å². The maximum atomic E-state index is 11.2. The monoisotopic (exact) mass is 195 g/mol.